The molecular weight excluding hydrogens is 642 g/mol. The molecule has 17 heteroatoms. The highest BCUT2D eigenvalue weighted by Crippen LogP contribution is 2.36. The molecule has 0 spiro atoms. The number of benzene rings is 2. The fraction of sp³-hybridized carbons (Fsp3) is 0.400. The molecule has 10 nitrogen and oxygen atoms in total. The van der Waals surface area contributed by atoms with Gasteiger partial charge in [0.2, 0.25) is 17.7 Å². The fourth-order valence-electron chi connectivity index (χ4n) is 3.73. The lowest BCUT2D eigenvalue weighted by atomic mass is 9.99. The van der Waals surface area contributed by atoms with E-state index in [4.69, 9.17) is 17.2 Å². The first-order valence-corrected chi connectivity index (χ1v) is 13.1. The third kappa shape index (κ3) is 9.65. The van der Waals surface area contributed by atoms with Crippen LogP contribution in [0, 0.1) is 0 Å². The van der Waals surface area contributed by atoms with E-state index in [0.717, 1.165) is 24.3 Å². The van der Waals surface area contributed by atoms with Gasteiger partial charge in [-0.15, -0.1) is 0 Å². The van der Waals surface area contributed by atoms with Crippen molar-refractivity contribution in [1.29, 1.82) is 0 Å². The summed E-state index contributed by atoms with van der Waals surface area (Å²) in [5, 5.41) is 15.2. The van der Waals surface area contributed by atoms with Gasteiger partial charge in [-0.25, -0.2) is 0 Å². The molecule has 42 heavy (non-hydrogen) atoms. The molecule has 0 fully saturated rings. The Labute approximate surface area is 244 Å². The zero-order valence-corrected chi connectivity index (χ0v) is 23.4. The van der Waals surface area contributed by atoms with Crippen LogP contribution in [-0.4, -0.2) is 66.0 Å². The number of rotatable bonds is 12. The number of halogens is 7. The molecule has 3 amide bonds. The predicted octanol–water partition coefficient (Wildman–Crippen LogP) is 2.11. The Morgan fingerprint density at radius 1 is 0.905 bits per heavy atom. The zero-order chi connectivity index (χ0) is 31.8. The molecule has 0 aliphatic carbocycles. The van der Waals surface area contributed by atoms with Gasteiger partial charge in [0.1, 0.15) is 12.1 Å². The van der Waals surface area contributed by atoms with Crippen LogP contribution >= 0.6 is 15.9 Å². The second-order valence-corrected chi connectivity index (χ2v) is 9.86. The summed E-state index contributed by atoms with van der Waals surface area (Å²) in [5.74, 6) is -2.92. The maximum atomic E-state index is 13.3. The van der Waals surface area contributed by atoms with Gasteiger partial charge in [-0.1, -0.05) is 28.1 Å². The molecule has 232 valence electrons. The lowest BCUT2D eigenvalue weighted by molar-refractivity contribution is -0.138. The number of anilines is 1. The normalized spacial score (nSPS) is 14.1. The van der Waals surface area contributed by atoms with Gasteiger partial charge in [0, 0.05) is 36.3 Å². The number of aliphatic hydroxyl groups is 1. The molecule has 0 aliphatic rings. The lowest BCUT2D eigenvalue weighted by Crippen LogP contribution is -2.53. The molecule has 0 unspecified atom stereocenters. The monoisotopic (exact) mass is 670 g/mol. The summed E-state index contributed by atoms with van der Waals surface area (Å²) in [6.45, 7) is 0.436. The van der Waals surface area contributed by atoms with Crippen molar-refractivity contribution in [3.8, 4) is 0 Å². The molecule has 0 aliphatic heterocycles. The Hall–Kier alpha value is -3.25. The van der Waals surface area contributed by atoms with Crippen LogP contribution in [0.5, 0.6) is 0 Å². The predicted molar refractivity (Wildman–Crippen MR) is 143 cm³/mol. The molecule has 2 rings (SSSR count). The number of alkyl halides is 6. The van der Waals surface area contributed by atoms with Crippen LogP contribution < -0.4 is 27.8 Å². The second-order valence-electron chi connectivity index (χ2n) is 9.00. The van der Waals surface area contributed by atoms with Crippen LogP contribution in [0.1, 0.15) is 29.2 Å². The van der Waals surface area contributed by atoms with E-state index in [1.807, 2.05) is 0 Å². The van der Waals surface area contributed by atoms with Crippen molar-refractivity contribution in [3.05, 3.63) is 63.6 Å². The van der Waals surface area contributed by atoms with Gasteiger partial charge in [0.25, 0.3) is 0 Å². The van der Waals surface area contributed by atoms with Gasteiger partial charge in [-0.3, -0.25) is 14.4 Å². The smallest absolute Gasteiger partial charge is 0.386 e. The van der Waals surface area contributed by atoms with E-state index in [2.05, 4.69) is 26.6 Å². The minimum atomic E-state index is -4.80. The van der Waals surface area contributed by atoms with Crippen LogP contribution in [-0.2, 0) is 26.7 Å². The van der Waals surface area contributed by atoms with Crippen LogP contribution in [0.4, 0.5) is 32.0 Å². The topological polar surface area (TPSA) is 177 Å². The number of nitrogens with two attached hydrogens (primary N) is 3. The third-order valence-corrected chi connectivity index (χ3v) is 6.59. The summed E-state index contributed by atoms with van der Waals surface area (Å²) in [5.41, 5.74) is 14.0. The molecule has 2 aromatic rings. The first kappa shape index (κ1) is 34.9. The Balaban J connectivity index is 2.35. The molecule has 3 atom stereocenters. The van der Waals surface area contributed by atoms with E-state index in [9.17, 15) is 45.8 Å². The van der Waals surface area contributed by atoms with Gasteiger partial charge in [0.15, 0.2) is 0 Å². The van der Waals surface area contributed by atoms with E-state index >= 15 is 0 Å². The first-order valence-electron chi connectivity index (χ1n) is 12.3. The average Bonchev–Trinajstić information content (AvgIpc) is 2.90. The minimum absolute atomic E-state index is 0.0981. The van der Waals surface area contributed by atoms with E-state index in [1.54, 1.807) is 0 Å². The SMILES string of the molecule is NCCN(CCN)C(=O)C[C@H](N)C(=O)N[C@H](C(=O)Nc1ccc(Br)c(C(F)(F)F)c1)[C@H](O)c1ccc(C(F)(F)F)cc1. The van der Waals surface area contributed by atoms with Crippen LogP contribution in [0.2, 0.25) is 0 Å². The van der Waals surface area contributed by atoms with Gasteiger partial charge in [-0.05, 0) is 35.9 Å². The third-order valence-electron chi connectivity index (χ3n) is 5.90. The summed E-state index contributed by atoms with van der Waals surface area (Å²) in [4.78, 5) is 39.9. The largest absolute Gasteiger partial charge is 0.417 e. The highest BCUT2D eigenvalue weighted by molar-refractivity contribution is 9.10. The number of nitrogens with zero attached hydrogens (tertiary/aromatic N) is 1. The molecule has 0 radical (unpaired) electrons. The Morgan fingerprint density at radius 2 is 1.48 bits per heavy atom. The van der Waals surface area contributed by atoms with Gasteiger partial charge >= 0.3 is 12.4 Å². The Morgan fingerprint density at radius 3 is 1.98 bits per heavy atom. The number of carbonyl (C=O) groups is 3. The van der Waals surface area contributed by atoms with Crippen molar-refractivity contribution in [3.63, 3.8) is 0 Å². The zero-order valence-electron chi connectivity index (χ0n) is 21.8. The highest BCUT2D eigenvalue weighted by Gasteiger charge is 2.36. The number of hydrogen-bond acceptors (Lipinski definition) is 7. The van der Waals surface area contributed by atoms with E-state index in [1.165, 1.54) is 4.90 Å². The molecule has 0 bridgehead atoms. The number of carbonyl (C=O) groups excluding carboxylic acids is 3. The van der Waals surface area contributed by atoms with Crippen LogP contribution in [0.15, 0.2) is 46.9 Å². The number of hydrogen-bond donors (Lipinski definition) is 6. The average molecular weight is 671 g/mol. The van der Waals surface area contributed by atoms with Gasteiger partial charge in [0.05, 0.1) is 23.6 Å². The summed E-state index contributed by atoms with van der Waals surface area (Å²) < 4.78 is 78.6. The van der Waals surface area contributed by atoms with Gasteiger partial charge < -0.3 is 37.8 Å². The molecule has 2 aromatic carbocycles. The Bertz CT molecular complexity index is 1240. The molecule has 0 heterocycles. The number of amides is 3. The maximum Gasteiger partial charge on any atom is 0.417 e. The fourth-order valence-corrected chi connectivity index (χ4v) is 4.20. The van der Waals surface area contributed by atoms with Crippen molar-refractivity contribution in [2.75, 3.05) is 31.5 Å². The molecule has 9 N–H and O–H groups in total. The summed E-state index contributed by atoms with van der Waals surface area (Å²) in [6.07, 6.45) is -12.0. The quantitative estimate of drug-likeness (QED) is 0.187. The molecule has 0 saturated carbocycles. The van der Waals surface area contributed by atoms with Crippen LogP contribution in [0.3, 0.4) is 0 Å². The standard InChI is InChI=1S/C25H29BrF6N6O4/c26-17-6-5-15(11-16(17)25(30,31)32)36-23(42)20(21(40)13-1-3-14(4-2-13)24(27,28)29)37-22(41)18(35)12-19(39)38(9-7-33)10-8-34/h1-6,11,18,20-21,40H,7-10,12,33-35H2,(H,36,42)(H,37,41)/t18-,20-,21+/m0/s1. The highest BCUT2D eigenvalue weighted by atomic mass is 79.9. The lowest BCUT2D eigenvalue weighted by Gasteiger charge is -2.26. The van der Waals surface area contributed by atoms with E-state index < -0.39 is 65.8 Å². The second kappa shape index (κ2) is 14.8. The van der Waals surface area contributed by atoms with Gasteiger partial charge in [-0.2, -0.15) is 26.3 Å². The van der Waals surface area contributed by atoms with Crippen molar-refractivity contribution < 1.29 is 45.8 Å². The summed E-state index contributed by atoms with van der Waals surface area (Å²) in [7, 11) is 0. The minimum Gasteiger partial charge on any atom is -0.386 e. The van der Waals surface area contributed by atoms with Crippen molar-refractivity contribution in [2.45, 2.75) is 37.0 Å². The summed E-state index contributed by atoms with van der Waals surface area (Å²) in [6, 6.07) is 2.18. The summed E-state index contributed by atoms with van der Waals surface area (Å²) >= 11 is 2.76. The Kier molecular flexibility index (Phi) is 12.3. The molecular formula is C25H29BrF6N6O4. The van der Waals surface area contributed by atoms with Crippen molar-refractivity contribution >= 4 is 39.3 Å². The first-order chi connectivity index (χ1) is 19.5. The number of nitrogens with one attached hydrogen (secondary N) is 2. The van der Waals surface area contributed by atoms with Crippen molar-refractivity contribution in [2.24, 2.45) is 17.2 Å². The van der Waals surface area contributed by atoms with Crippen LogP contribution in [0.25, 0.3) is 0 Å². The molecule has 0 aromatic heterocycles. The van der Waals surface area contributed by atoms with E-state index in [0.29, 0.717) is 18.2 Å². The number of aliphatic hydroxyl groups excluding tert-OH is 1. The van der Waals surface area contributed by atoms with Crippen molar-refractivity contribution in [1.82, 2.24) is 10.2 Å². The molecule has 0 saturated heterocycles. The van der Waals surface area contributed by atoms with E-state index in [-0.39, 0.29) is 41.9 Å². The maximum absolute atomic E-state index is 13.3.